The molecule has 0 saturated heterocycles. The second kappa shape index (κ2) is 7.86. The van der Waals surface area contributed by atoms with Gasteiger partial charge in [0, 0.05) is 22.6 Å². The summed E-state index contributed by atoms with van der Waals surface area (Å²) >= 11 is 12.7. The molecule has 1 aliphatic rings. The van der Waals surface area contributed by atoms with Crippen molar-refractivity contribution in [2.45, 2.75) is 25.3 Å². The van der Waals surface area contributed by atoms with Crippen molar-refractivity contribution < 1.29 is 9.47 Å². The van der Waals surface area contributed by atoms with Crippen molar-refractivity contribution in [3.8, 4) is 11.5 Å². The summed E-state index contributed by atoms with van der Waals surface area (Å²) < 4.78 is 11.0. The fraction of sp³-hybridized carbons (Fsp3) is 0.400. The number of fused-ring (bicyclic) bond motifs is 1. The van der Waals surface area contributed by atoms with E-state index in [1.807, 2.05) is 18.2 Å². The molecule has 0 amide bonds. The highest BCUT2D eigenvalue weighted by molar-refractivity contribution is 6.35. The third kappa shape index (κ3) is 3.74. The Labute approximate surface area is 159 Å². The maximum Gasteiger partial charge on any atom is 0.161 e. The lowest BCUT2D eigenvalue weighted by atomic mass is 9.89. The Morgan fingerprint density at radius 3 is 2.36 bits per heavy atom. The van der Waals surface area contributed by atoms with E-state index in [1.54, 1.807) is 14.2 Å². The van der Waals surface area contributed by atoms with Crippen LogP contribution in [0.4, 0.5) is 0 Å². The Bertz CT molecular complexity index is 743. The lowest BCUT2D eigenvalue weighted by Gasteiger charge is -2.35. The molecule has 0 spiro atoms. The second-order valence-electron chi connectivity index (χ2n) is 6.39. The number of rotatable bonds is 5. The third-order valence-corrected chi connectivity index (χ3v) is 5.71. The number of likely N-dealkylation sites (N-methyl/N-ethyl adjacent to an activating group) is 1. The quantitative estimate of drug-likeness (QED) is 0.714. The van der Waals surface area contributed by atoms with E-state index < -0.39 is 0 Å². The van der Waals surface area contributed by atoms with Gasteiger partial charge in [-0.3, -0.25) is 4.90 Å². The van der Waals surface area contributed by atoms with E-state index in [1.165, 1.54) is 11.1 Å². The van der Waals surface area contributed by atoms with Gasteiger partial charge in [-0.25, -0.2) is 0 Å². The van der Waals surface area contributed by atoms with Gasteiger partial charge in [-0.2, -0.15) is 0 Å². The first-order valence-electron chi connectivity index (χ1n) is 8.43. The summed E-state index contributed by atoms with van der Waals surface area (Å²) in [5, 5.41) is 1.47. The fourth-order valence-electron chi connectivity index (χ4n) is 3.58. The first kappa shape index (κ1) is 18.4. The van der Waals surface area contributed by atoms with Crippen LogP contribution in [0.2, 0.25) is 10.0 Å². The number of benzene rings is 2. The molecule has 2 aromatic rings. The highest BCUT2D eigenvalue weighted by atomic mass is 35.5. The van der Waals surface area contributed by atoms with Crippen molar-refractivity contribution in [1.82, 2.24) is 4.90 Å². The largest absolute Gasteiger partial charge is 0.493 e. The Morgan fingerprint density at radius 1 is 1.08 bits per heavy atom. The number of ether oxygens (including phenoxy) is 2. The van der Waals surface area contributed by atoms with E-state index in [-0.39, 0.29) is 0 Å². The zero-order valence-corrected chi connectivity index (χ0v) is 16.3. The average Bonchev–Trinajstić information content (AvgIpc) is 2.61. The van der Waals surface area contributed by atoms with E-state index in [9.17, 15) is 0 Å². The first-order valence-corrected chi connectivity index (χ1v) is 9.18. The van der Waals surface area contributed by atoms with Crippen molar-refractivity contribution in [2.75, 3.05) is 27.8 Å². The summed E-state index contributed by atoms with van der Waals surface area (Å²) in [6.07, 6.45) is 2.79. The molecule has 0 aromatic heterocycles. The van der Waals surface area contributed by atoms with Crippen LogP contribution >= 0.6 is 23.2 Å². The molecule has 5 heteroatoms. The van der Waals surface area contributed by atoms with Gasteiger partial charge in [-0.05, 0) is 67.3 Å². The normalized spacial score (nSPS) is 17.2. The van der Waals surface area contributed by atoms with Gasteiger partial charge < -0.3 is 9.47 Å². The van der Waals surface area contributed by atoms with E-state index in [4.69, 9.17) is 32.7 Å². The number of nitrogens with zero attached hydrogens (tertiary/aromatic N) is 1. The number of hydrogen-bond acceptors (Lipinski definition) is 3. The molecule has 0 aliphatic carbocycles. The van der Waals surface area contributed by atoms with Gasteiger partial charge in [-0.1, -0.05) is 29.3 Å². The zero-order chi connectivity index (χ0) is 18.0. The van der Waals surface area contributed by atoms with E-state index >= 15 is 0 Å². The topological polar surface area (TPSA) is 21.7 Å². The molecule has 2 aromatic carbocycles. The zero-order valence-electron chi connectivity index (χ0n) is 14.8. The Balaban J connectivity index is 1.90. The van der Waals surface area contributed by atoms with Crippen LogP contribution in [0.25, 0.3) is 0 Å². The lowest BCUT2D eigenvalue weighted by molar-refractivity contribution is 0.218. The van der Waals surface area contributed by atoms with Crippen LogP contribution in [0.15, 0.2) is 30.3 Å². The standard InChI is InChI=1S/C20H23Cl2NO2/c1-23-10-9-13-11-19(24-2)20(25-3)12-15(13)18(23)8-7-14-16(21)5-4-6-17(14)22/h4-6,11-12,18H,7-10H2,1-3H3. The van der Waals surface area contributed by atoms with Gasteiger partial charge in [0.05, 0.1) is 14.2 Å². The van der Waals surface area contributed by atoms with Crippen molar-refractivity contribution in [3.05, 3.63) is 57.1 Å². The summed E-state index contributed by atoms with van der Waals surface area (Å²) in [7, 11) is 5.52. The summed E-state index contributed by atoms with van der Waals surface area (Å²) in [5.41, 5.74) is 3.65. The van der Waals surface area contributed by atoms with Crippen LogP contribution in [-0.2, 0) is 12.8 Å². The minimum absolute atomic E-state index is 0.302. The SMILES string of the molecule is COc1cc2c(cc1OC)C(CCc1c(Cl)cccc1Cl)N(C)CC2. The molecule has 3 nitrogen and oxygen atoms in total. The molecule has 0 fully saturated rings. The summed E-state index contributed by atoms with van der Waals surface area (Å²) in [6, 6.07) is 10.2. The Hall–Kier alpha value is -1.42. The highest BCUT2D eigenvalue weighted by Gasteiger charge is 2.27. The molecule has 0 bridgehead atoms. The monoisotopic (exact) mass is 379 g/mol. The summed E-state index contributed by atoms with van der Waals surface area (Å²) in [6.45, 7) is 1.02. The molecule has 0 radical (unpaired) electrons. The van der Waals surface area contributed by atoms with Gasteiger partial charge >= 0.3 is 0 Å². The molecule has 1 atom stereocenters. The van der Waals surface area contributed by atoms with Crippen LogP contribution in [-0.4, -0.2) is 32.7 Å². The van der Waals surface area contributed by atoms with Crippen LogP contribution in [0, 0.1) is 0 Å². The number of hydrogen-bond donors (Lipinski definition) is 0. The first-order chi connectivity index (χ1) is 12.0. The Morgan fingerprint density at radius 2 is 1.72 bits per heavy atom. The summed E-state index contributed by atoms with van der Waals surface area (Å²) in [4.78, 5) is 2.39. The molecular formula is C20H23Cl2NO2. The van der Waals surface area contributed by atoms with Crippen LogP contribution in [0.5, 0.6) is 11.5 Å². The number of halogens is 2. The van der Waals surface area contributed by atoms with E-state index in [0.717, 1.165) is 52.9 Å². The molecule has 1 heterocycles. The molecule has 134 valence electrons. The van der Waals surface area contributed by atoms with Gasteiger partial charge in [-0.15, -0.1) is 0 Å². The Kier molecular flexibility index (Phi) is 5.78. The second-order valence-corrected chi connectivity index (χ2v) is 7.21. The van der Waals surface area contributed by atoms with Crippen molar-refractivity contribution in [3.63, 3.8) is 0 Å². The van der Waals surface area contributed by atoms with Gasteiger partial charge in [0.25, 0.3) is 0 Å². The smallest absolute Gasteiger partial charge is 0.161 e. The van der Waals surface area contributed by atoms with Crippen molar-refractivity contribution in [2.24, 2.45) is 0 Å². The molecule has 1 aliphatic heterocycles. The lowest BCUT2D eigenvalue weighted by Crippen LogP contribution is -2.32. The maximum atomic E-state index is 6.34. The van der Waals surface area contributed by atoms with Crippen LogP contribution in [0.3, 0.4) is 0 Å². The van der Waals surface area contributed by atoms with Crippen molar-refractivity contribution >= 4 is 23.2 Å². The minimum Gasteiger partial charge on any atom is -0.493 e. The average molecular weight is 380 g/mol. The fourth-order valence-corrected chi connectivity index (χ4v) is 4.17. The van der Waals surface area contributed by atoms with Gasteiger partial charge in [0.2, 0.25) is 0 Å². The predicted octanol–water partition coefficient (Wildman–Crippen LogP) is 5.17. The maximum absolute atomic E-state index is 6.34. The number of methoxy groups -OCH3 is 2. The minimum atomic E-state index is 0.302. The van der Waals surface area contributed by atoms with Gasteiger partial charge in [0.15, 0.2) is 11.5 Å². The van der Waals surface area contributed by atoms with Crippen LogP contribution < -0.4 is 9.47 Å². The molecule has 0 saturated carbocycles. The molecule has 25 heavy (non-hydrogen) atoms. The summed E-state index contributed by atoms with van der Waals surface area (Å²) in [5.74, 6) is 1.57. The molecule has 1 unspecified atom stereocenters. The third-order valence-electron chi connectivity index (χ3n) is 5.00. The van der Waals surface area contributed by atoms with E-state index in [0.29, 0.717) is 6.04 Å². The van der Waals surface area contributed by atoms with Crippen LogP contribution in [0.1, 0.15) is 29.2 Å². The van der Waals surface area contributed by atoms with Gasteiger partial charge in [0.1, 0.15) is 0 Å². The van der Waals surface area contributed by atoms with E-state index in [2.05, 4.69) is 24.1 Å². The highest BCUT2D eigenvalue weighted by Crippen LogP contribution is 2.40. The predicted molar refractivity (Wildman–Crippen MR) is 103 cm³/mol. The molecule has 0 N–H and O–H groups in total. The van der Waals surface area contributed by atoms with Crippen molar-refractivity contribution in [1.29, 1.82) is 0 Å². The molecule has 3 rings (SSSR count). The molecular weight excluding hydrogens is 357 g/mol.